The summed E-state index contributed by atoms with van der Waals surface area (Å²) in [6.07, 6.45) is 34.4. The van der Waals surface area contributed by atoms with E-state index >= 15 is 0 Å². The van der Waals surface area contributed by atoms with Crippen molar-refractivity contribution in [2.75, 3.05) is 0 Å². The zero-order valence-electron chi connectivity index (χ0n) is 29.3. The number of allylic oxidation sites excluding steroid dienone is 18. The van der Waals surface area contributed by atoms with Crippen LogP contribution < -0.4 is 0 Å². The zero-order valence-corrected chi connectivity index (χ0v) is 29.3. The van der Waals surface area contributed by atoms with Gasteiger partial charge in [-0.3, -0.25) is 0 Å². The smallest absolute Gasteiger partial charge is 0.149 e. The van der Waals surface area contributed by atoms with E-state index in [1.165, 1.54) is 0 Å². The zero-order chi connectivity index (χ0) is 33.7. The Morgan fingerprint density at radius 2 is 0.659 bits per heavy atom. The van der Waals surface area contributed by atoms with Crippen molar-refractivity contribution in [2.45, 2.75) is 94.3 Å². The molecule has 0 aliphatic heterocycles. The van der Waals surface area contributed by atoms with Crippen molar-refractivity contribution >= 4 is 0 Å². The van der Waals surface area contributed by atoms with Crippen LogP contribution in [0.3, 0.4) is 0 Å². The van der Waals surface area contributed by atoms with Crippen molar-refractivity contribution in [1.29, 1.82) is 0 Å². The fourth-order valence-electron chi connectivity index (χ4n) is 3.58. The van der Waals surface area contributed by atoms with Gasteiger partial charge in [0, 0.05) is 22.0 Å². The van der Waals surface area contributed by atoms with Gasteiger partial charge in [-0.15, -0.1) is 0 Å². The molecule has 236 valence electrons. The molecule has 0 spiro atoms. The summed E-state index contributed by atoms with van der Waals surface area (Å²) in [5.74, 6) is 12.9. The van der Waals surface area contributed by atoms with Gasteiger partial charge in [0.2, 0.25) is 0 Å². The number of hydrogen-bond donors (Lipinski definition) is 2. The lowest BCUT2D eigenvalue weighted by atomic mass is 9.76. The summed E-state index contributed by atoms with van der Waals surface area (Å²) in [4.78, 5) is 0. The van der Waals surface area contributed by atoms with E-state index in [9.17, 15) is 10.2 Å². The van der Waals surface area contributed by atoms with E-state index in [1.54, 1.807) is 12.2 Å². The van der Waals surface area contributed by atoms with Crippen LogP contribution >= 0.6 is 0 Å². The van der Waals surface area contributed by atoms with Gasteiger partial charge in [0.1, 0.15) is 11.2 Å². The highest BCUT2D eigenvalue weighted by Gasteiger charge is 2.37. The summed E-state index contributed by atoms with van der Waals surface area (Å²) >= 11 is 0. The van der Waals surface area contributed by atoms with Crippen LogP contribution in [0.1, 0.15) is 83.1 Å². The highest BCUT2D eigenvalue weighted by Crippen LogP contribution is 2.33. The van der Waals surface area contributed by atoms with Crippen LogP contribution in [0.5, 0.6) is 0 Å². The van der Waals surface area contributed by atoms with Gasteiger partial charge in [-0.1, -0.05) is 204 Å². The second kappa shape index (κ2) is 16.0. The number of aliphatic hydroxyl groups is 2. The third kappa shape index (κ3) is 13.0. The first-order chi connectivity index (χ1) is 20.1. The Hall–Kier alpha value is -3.56. The molecule has 0 radical (unpaired) electrons. The van der Waals surface area contributed by atoms with Gasteiger partial charge in [0.15, 0.2) is 0 Å². The van der Waals surface area contributed by atoms with Crippen molar-refractivity contribution in [3.05, 3.63) is 121 Å². The van der Waals surface area contributed by atoms with E-state index in [2.05, 4.69) is 65.2 Å². The summed E-state index contributed by atoms with van der Waals surface area (Å²) in [5.41, 5.74) is -2.13. The largest absolute Gasteiger partial charge is 0.373 e. The highest BCUT2D eigenvalue weighted by molar-refractivity contribution is 5.43. The maximum Gasteiger partial charge on any atom is 0.149 e. The van der Waals surface area contributed by atoms with E-state index in [0.717, 1.165) is 11.1 Å². The Morgan fingerprint density at radius 3 is 0.909 bits per heavy atom. The average molecular weight is 593 g/mol. The molecule has 0 saturated heterocycles. The first kappa shape index (κ1) is 38.5. The van der Waals surface area contributed by atoms with Gasteiger partial charge in [0.25, 0.3) is 0 Å². The van der Waals surface area contributed by atoms with Crippen LogP contribution in [0.15, 0.2) is 121 Å². The molecule has 44 heavy (non-hydrogen) atoms. The molecule has 0 bridgehead atoms. The maximum atomic E-state index is 11.5. The van der Waals surface area contributed by atoms with Crippen molar-refractivity contribution in [1.82, 2.24) is 0 Å². The monoisotopic (exact) mass is 592 g/mol. The molecule has 1 aliphatic carbocycles. The van der Waals surface area contributed by atoms with Gasteiger partial charge in [0.05, 0.1) is 0 Å². The third-order valence-corrected chi connectivity index (χ3v) is 7.21. The molecule has 0 saturated carbocycles. The van der Waals surface area contributed by atoms with Crippen LogP contribution in [0.2, 0.25) is 0 Å². The quantitative estimate of drug-likeness (QED) is 0.275. The average Bonchev–Trinajstić information content (AvgIpc) is 2.86. The van der Waals surface area contributed by atoms with E-state index in [0.29, 0.717) is 0 Å². The molecular formula is C42H56O2. The molecule has 2 unspecified atom stereocenters. The Bertz CT molecular complexity index is 1280. The lowest BCUT2D eigenvalue weighted by Gasteiger charge is -2.33. The Labute approximate surface area is 269 Å². The second-order valence-electron chi connectivity index (χ2n) is 15.2. The van der Waals surface area contributed by atoms with Gasteiger partial charge in [-0.05, 0) is 23.0 Å². The first-order valence-corrected chi connectivity index (χ1v) is 15.4. The van der Waals surface area contributed by atoms with Crippen LogP contribution in [-0.2, 0) is 0 Å². The lowest BCUT2D eigenvalue weighted by molar-refractivity contribution is 0.0398. The molecular weight excluding hydrogens is 536 g/mol. The third-order valence-electron chi connectivity index (χ3n) is 7.21. The molecule has 2 nitrogen and oxygen atoms in total. The SMILES string of the molecule is CC(C)(C)C1=CC=CC=CC=CC=CC(O)(C(C)(C)C)C#CC(C(C)(C)C)=CC=CC=CC=CC=CC(O)(C(C)(C)C)C#C1. The van der Waals surface area contributed by atoms with Gasteiger partial charge in [-0.25, -0.2) is 0 Å². The molecule has 2 atom stereocenters. The summed E-state index contributed by atoms with van der Waals surface area (Å²) in [5, 5.41) is 23.1. The standard InChI is InChI=1S/C42H56O2/c1-37(2,3)35-27-23-19-15-13-17-22-26-32-42(44,40(10,11)12)34-30-36(38(4,5)6)28-24-20-16-14-18-21-25-31-41(43,33-29-35)39(7,8)9/h13-28,31-32,43-44H,1-12H3. The van der Waals surface area contributed by atoms with Crippen molar-refractivity contribution in [3.8, 4) is 23.7 Å². The molecule has 2 heteroatoms. The fourth-order valence-corrected chi connectivity index (χ4v) is 3.58. The Kier molecular flexibility index (Phi) is 13.9. The minimum Gasteiger partial charge on any atom is -0.373 e. The van der Waals surface area contributed by atoms with E-state index < -0.39 is 22.0 Å². The maximum absolute atomic E-state index is 11.5. The fraction of sp³-hybridized carbons (Fsp3) is 0.429. The lowest BCUT2D eigenvalue weighted by Crippen LogP contribution is -2.39. The topological polar surface area (TPSA) is 40.5 Å². The molecule has 0 aromatic rings. The van der Waals surface area contributed by atoms with Gasteiger partial charge >= 0.3 is 0 Å². The molecule has 2 N–H and O–H groups in total. The summed E-state index contributed by atoms with van der Waals surface area (Å²) in [6.45, 7) is 24.6. The molecule has 0 fully saturated rings. The van der Waals surface area contributed by atoms with Gasteiger partial charge in [-0.2, -0.15) is 0 Å². The van der Waals surface area contributed by atoms with Gasteiger partial charge < -0.3 is 10.2 Å². The molecule has 1 rings (SSSR count). The predicted molar refractivity (Wildman–Crippen MR) is 193 cm³/mol. The van der Waals surface area contributed by atoms with E-state index in [1.807, 2.05) is 139 Å². The van der Waals surface area contributed by atoms with Crippen LogP contribution in [-0.4, -0.2) is 21.4 Å². The Morgan fingerprint density at radius 1 is 0.409 bits per heavy atom. The van der Waals surface area contributed by atoms with E-state index in [4.69, 9.17) is 0 Å². The molecule has 0 aromatic carbocycles. The normalized spacial score (nSPS) is 23.0. The number of hydrogen-bond acceptors (Lipinski definition) is 2. The molecule has 0 aromatic heterocycles. The van der Waals surface area contributed by atoms with Crippen LogP contribution in [0, 0.1) is 45.3 Å². The highest BCUT2D eigenvalue weighted by atomic mass is 16.3. The molecule has 1 aliphatic rings. The summed E-state index contributed by atoms with van der Waals surface area (Å²) in [6, 6.07) is 0. The van der Waals surface area contributed by atoms with Crippen molar-refractivity contribution in [3.63, 3.8) is 0 Å². The summed E-state index contributed by atoms with van der Waals surface area (Å²) in [7, 11) is 0. The van der Waals surface area contributed by atoms with E-state index in [-0.39, 0.29) is 10.8 Å². The second-order valence-corrected chi connectivity index (χ2v) is 15.2. The minimum absolute atomic E-state index is 0.190. The molecule has 0 amide bonds. The summed E-state index contributed by atoms with van der Waals surface area (Å²) < 4.78 is 0. The molecule has 0 heterocycles. The van der Waals surface area contributed by atoms with Crippen LogP contribution in [0.4, 0.5) is 0 Å². The predicted octanol–water partition coefficient (Wildman–Crippen LogP) is 9.96. The van der Waals surface area contributed by atoms with Crippen molar-refractivity contribution in [2.24, 2.45) is 21.7 Å². The number of rotatable bonds is 0. The van der Waals surface area contributed by atoms with Crippen LogP contribution in [0.25, 0.3) is 0 Å². The minimum atomic E-state index is -1.31. The van der Waals surface area contributed by atoms with Crippen molar-refractivity contribution < 1.29 is 10.2 Å². The first-order valence-electron chi connectivity index (χ1n) is 15.4. The Balaban J connectivity index is 3.69.